The predicted molar refractivity (Wildman–Crippen MR) is 51.4 cm³/mol. The lowest BCUT2D eigenvalue weighted by molar-refractivity contribution is 0.192. The number of pyridine rings is 1. The van der Waals surface area contributed by atoms with E-state index < -0.39 is 6.09 Å². The lowest BCUT2D eigenvalue weighted by Crippen LogP contribution is -2.11. The molecule has 0 aliphatic carbocycles. The topological polar surface area (TPSA) is 105 Å². The summed E-state index contributed by atoms with van der Waals surface area (Å²) in [6, 6.07) is 5.00. The van der Waals surface area contributed by atoms with E-state index in [0.29, 0.717) is 15.9 Å². The number of rotatable bonds is 1. The van der Waals surface area contributed by atoms with Crippen molar-refractivity contribution in [3.8, 4) is 17.5 Å². The fraction of sp³-hybridized carbons (Fsp3) is 0. The number of nitriles is 1. The molecule has 0 aliphatic rings. The average molecular weight is 215 g/mol. The Morgan fingerprint density at radius 3 is 2.81 bits per heavy atom. The van der Waals surface area contributed by atoms with Crippen LogP contribution in [0.25, 0.3) is 11.4 Å². The van der Waals surface area contributed by atoms with Gasteiger partial charge in [-0.15, -0.1) is 9.78 Å². The monoisotopic (exact) mass is 215 g/mol. The Labute approximate surface area is 89.6 Å². The van der Waals surface area contributed by atoms with Crippen molar-refractivity contribution in [1.29, 1.82) is 5.26 Å². The molecule has 0 unspecified atom stereocenters. The largest absolute Gasteiger partial charge is 0.463 e. The molecule has 0 radical (unpaired) electrons. The molecule has 0 saturated heterocycles. The molecule has 1 N–H and O–H groups in total. The number of hydrogen-bond acceptors (Lipinski definition) is 5. The van der Waals surface area contributed by atoms with Gasteiger partial charge < -0.3 is 5.11 Å². The summed E-state index contributed by atoms with van der Waals surface area (Å²) in [5.41, 5.74) is 1.06. The highest BCUT2D eigenvalue weighted by Gasteiger charge is 2.12. The van der Waals surface area contributed by atoms with Crippen molar-refractivity contribution >= 4 is 6.09 Å². The number of nitrogens with zero attached hydrogens (tertiary/aromatic N) is 5. The predicted octanol–water partition coefficient (Wildman–Crippen LogP) is 0.738. The SMILES string of the molecule is N#Cc1ccc(-c2cnnn2C(=O)O)nc1. The van der Waals surface area contributed by atoms with Crippen molar-refractivity contribution in [2.75, 3.05) is 0 Å². The van der Waals surface area contributed by atoms with E-state index in [0.717, 1.165) is 0 Å². The minimum absolute atomic E-state index is 0.261. The van der Waals surface area contributed by atoms with Gasteiger partial charge in [0.25, 0.3) is 0 Å². The minimum atomic E-state index is -1.24. The van der Waals surface area contributed by atoms with Crippen LogP contribution in [0.4, 0.5) is 4.79 Å². The van der Waals surface area contributed by atoms with E-state index >= 15 is 0 Å². The van der Waals surface area contributed by atoms with Crippen LogP contribution in [0.2, 0.25) is 0 Å². The summed E-state index contributed by atoms with van der Waals surface area (Å²) in [7, 11) is 0. The zero-order chi connectivity index (χ0) is 11.5. The Balaban J connectivity index is 2.47. The van der Waals surface area contributed by atoms with Crippen molar-refractivity contribution in [2.24, 2.45) is 0 Å². The van der Waals surface area contributed by atoms with Crippen LogP contribution in [0.3, 0.4) is 0 Å². The van der Waals surface area contributed by atoms with E-state index in [-0.39, 0.29) is 5.69 Å². The smallest absolute Gasteiger partial charge is 0.434 e. The van der Waals surface area contributed by atoms with Gasteiger partial charge in [-0.3, -0.25) is 4.98 Å². The van der Waals surface area contributed by atoms with E-state index in [4.69, 9.17) is 10.4 Å². The number of aromatic nitrogens is 4. The molecule has 0 fully saturated rings. The van der Waals surface area contributed by atoms with Crippen LogP contribution >= 0.6 is 0 Å². The van der Waals surface area contributed by atoms with Gasteiger partial charge in [0.1, 0.15) is 11.8 Å². The maximum atomic E-state index is 10.8. The molecule has 0 aliphatic heterocycles. The third kappa shape index (κ3) is 1.59. The van der Waals surface area contributed by atoms with Crippen molar-refractivity contribution in [3.05, 3.63) is 30.1 Å². The molecule has 2 heterocycles. The van der Waals surface area contributed by atoms with Crippen LogP contribution in [0.15, 0.2) is 24.5 Å². The van der Waals surface area contributed by atoms with Crippen molar-refractivity contribution < 1.29 is 9.90 Å². The van der Waals surface area contributed by atoms with Crippen LogP contribution in [0.5, 0.6) is 0 Å². The summed E-state index contributed by atoms with van der Waals surface area (Å²) in [6.07, 6.45) is 1.41. The molecule has 16 heavy (non-hydrogen) atoms. The molecular weight excluding hydrogens is 210 g/mol. The number of carbonyl (C=O) groups is 1. The molecule has 7 nitrogen and oxygen atoms in total. The normalized spacial score (nSPS) is 9.69. The first-order valence-corrected chi connectivity index (χ1v) is 4.23. The van der Waals surface area contributed by atoms with Gasteiger partial charge in [0, 0.05) is 6.20 Å². The minimum Gasteiger partial charge on any atom is -0.463 e. The van der Waals surface area contributed by atoms with Crippen LogP contribution in [0.1, 0.15) is 5.56 Å². The fourth-order valence-corrected chi connectivity index (χ4v) is 1.16. The third-order valence-electron chi connectivity index (χ3n) is 1.89. The summed E-state index contributed by atoms with van der Waals surface area (Å²) in [6.45, 7) is 0. The van der Waals surface area contributed by atoms with Crippen LogP contribution < -0.4 is 0 Å². The quantitative estimate of drug-likeness (QED) is 0.752. The standard InChI is InChI=1S/C9H5N5O2/c10-3-6-1-2-7(11-4-6)8-5-12-13-14(8)9(15)16/h1-2,4-5H,(H,15,16). The van der Waals surface area contributed by atoms with E-state index in [2.05, 4.69) is 15.3 Å². The molecule has 78 valence electrons. The van der Waals surface area contributed by atoms with Gasteiger partial charge in [0.05, 0.1) is 17.5 Å². The van der Waals surface area contributed by atoms with E-state index in [1.54, 1.807) is 6.07 Å². The Hall–Kier alpha value is -2.75. The molecule has 0 spiro atoms. The van der Waals surface area contributed by atoms with Crippen LogP contribution in [-0.2, 0) is 0 Å². The molecule has 2 aromatic rings. The Morgan fingerprint density at radius 2 is 2.25 bits per heavy atom. The van der Waals surface area contributed by atoms with E-state index in [1.165, 1.54) is 18.5 Å². The Bertz CT molecular complexity index is 566. The molecule has 0 bridgehead atoms. The highest BCUT2D eigenvalue weighted by atomic mass is 16.4. The van der Waals surface area contributed by atoms with Gasteiger partial charge in [-0.1, -0.05) is 5.21 Å². The van der Waals surface area contributed by atoms with Crippen molar-refractivity contribution in [2.45, 2.75) is 0 Å². The molecule has 0 amide bonds. The second-order valence-electron chi connectivity index (χ2n) is 2.86. The first-order valence-electron chi connectivity index (χ1n) is 4.23. The molecular formula is C9H5N5O2. The van der Waals surface area contributed by atoms with Gasteiger partial charge in [-0.05, 0) is 12.1 Å². The number of carboxylic acid groups (broad SMARTS) is 1. The van der Waals surface area contributed by atoms with Gasteiger partial charge in [0.2, 0.25) is 0 Å². The second-order valence-corrected chi connectivity index (χ2v) is 2.86. The Morgan fingerprint density at radius 1 is 1.44 bits per heavy atom. The van der Waals surface area contributed by atoms with Gasteiger partial charge >= 0.3 is 6.09 Å². The molecule has 0 aromatic carbocycles. The maximum Gasteiger partial charge on any atom is 0.434 e. The molecule has 0 atom stereocenters. The average Bonchev–Trinajstić information content (AvgIpc) is 2.78. The van der Waals surface area contributed by atoms with E-state index in [1.807, 2.05) is 6.07 Å². The van der Waals surface area contributed by atoms with Gasteiger partial charge in [-0.2, -0.15) is 5.26 Å². The lowest BCUT2D eigenvalue weighted by atomic mass is 10.2. The molecule has 0 saturated carbocycles. The summed E-state index contributed by atoms with van der Waals surface area (Å²) >= 11 is 0. The fourth-order valence-electron chi connectivity index (χ4n) is 1.16. The van der Waals surface area contributed by atoms with Gasteiger partial charge in [-0.25, -0.2) is 4.79 Å². The third-order valence-corrected chi connectivity index (χ3v) is 1.89. The van der Waals surface area contributed by atoms with Crippen molar-refractivity contribution in [3.63, 3.8) is 0 Å². The number of hydrogen-bond donors (Lipinski definition) is 1. The van der Waals surface area contributed by atoms with E-state index in [9.17, 15) is 4.79 Å². The highest BCUT2D eigenvalue weighted by Crippen LogP contribution is 2.14. The summed E-state index contributed by atoms with van der Waals surface area (Å²) in [4.78, 5) is 14.7. The van der Waals surface area contributed by atoms with Crippen molar-refractivity contribution in [1.82, 2.24) is 20.0 Å². The zero-order valence-corrected chi connectivity index (χ0v) is 7.90. The first-order chi connectivity index (χ1) is 7.72. The van der Waals surface area contributed by atoms with Gasteiger partial charge in [0.15, 0.2) is 0 Å². The zero-order valence-electron chi connectivity index (χ0n) is 7.90. The van der Waals surface area contributed by atoms with Crippen LogP contribution in [-0.4, -0.2) is 31.2 Å². The molecule has 7 heteroatoms. The summed E-state index contributed by atoms with van der Waals surface area (Å²) in [5, 5.41) is 24.3. The first kappa shape index (κ1) is 9.79. The summed E-state index contributed by atoms with van der Waals surface area (Å²) in [5.74, 6) is 0. The molecule has 2 aromatic heterocycles. The van der Waals surface area contributed by atoms with Crippen LogP contribution in [0, 0.1) is 11.3 Å². The lowest BCUT2D eigenvalue weighted by Gasteiger charge is -1.99. The maximum absolute atomic E-state index is 10.8. The Kier molecular flexibility index (Phi) is 2.31. The second kappa shape index (κ2) is 3.78. The summed E-state index contributed by atoms with van der Waals surface area (Å²) < 4.78 is 0.717. The highest BCUT2D eigenvalue weighted by molar-refractivity contribution is 5.73. The molecule has 2 rings (SSSR count).